The van der Waals surface area contributed by atoms with Gasteiger partial charge in [0.05, 0.1) is 19.8 Å². The molecule has 0 spiro atoms. The van der Waals surface area contributed by atoms with Crippen molar-refractivity contribution in [2.75, 3.05) is 64.3 Å². The molecule has 31 heavy (non-hydrogen) atoms. The average molecular weight is 428 g/mol. The van der Waals surface area contributed by atoms with E-state index < -0.39 is 0 Å². The molecule has 2 aliphatic heterocycles. The Kier molecular flexibility index (Phi) is 6.96. The van der Waals surface area contributed by atoms with E-state index in [4.69, 9.17) is 9.26 Å². The van der Waals surface area contributed by atoms with Gasteiger partial charge in [0.2, 0.25) is 5.91 Å². The lowest BCUT2D eigenvalue weighted by atomic mass is 10.1. The number of hydrogen-bond donors (Lipinski definition) is 1. The van der Waals surface area contributed by atoms with Crippen molar-refractivity contribution in [1.82, 2.24) is 19.9 Å². The topological polar surface area (TPSA) is 91.2 Å². The van der Waals surface area contributed by atoms with E-state index in [1.165, 1.54) is 0 Å². The van der Waals surface area contributed by atoms with Crippen LogP contribution in [0.3, 0.4) is 0 Å². The minimum absolute atomic E-state index is 0.0472. The third kappa shape index (κ3) is 5.90. The van der Waals surface area contributed by atoms with Crippen molar-refractivity contribution in [2.45, 2.75) is 13.5 Å². The first-order chi connectivity index (χ1) is 15.1. The smallest absolute Gasteiger partial charge is 0.253 e. The molecule has 2 aromatic rings. The van der Waals surface area contributed by atoms with E-state index in [9.17, 15) is 9.59 Å². The van der Waals surface area contributed by atoms with Crippen LogP contribution in [0.25, 0.3) is 0 Å². The normalized spacial score (nSPS) is 18.2. The number of aromatic nitrogens is 1. The van der Waals surface area contributed by atoms with E-state index in [2.05, 4.69) is 21.4 Å². The van der Waals surface area contributed by atoms with Crippen molar-refractivity contribution in [3.05, 3.63) is 47.2 Å². The number of rotatable bonds is 6. The third-order valence-corrected chi connectivity index (χ3v) is 5.61. The van der Waals surface area contributed by atoms with E-state index in [1.807, 2.05) is 28.0 Å². The van der Waals surface area contributed by atoms with Crippen LogP contribution in [0.1, 0.15) is 21.7 Å². The van der Waals surface area contributed by atoms with Crippen molar-refractivity contribution in [1.29, 1.82) is 0 Å². The Bertz CT molecular complexity index is 901. The molecule has 9 nitrogen and oxygen atoms in total. The van der Waals surface area contributed by atoms with Crippen molar-refractivity contribution < 1.29 is 18.8 Å². The molecule has 4 rings (SSSR count). The summed E-state index contributed by atoms with van der Waals surface area (Å²) in [6.45, 7) is 8.76. The van der Waals surface area contributed by atoms with E-state index in [1.54, 1.807) is 13.0 Å². The summed E-state index contributed by atoms with van der Waals surface area (Å²) in [6.07, 6.45) is 0. The lowest BCUT2D eigenvalue weighted by molar-refractivity contribution is -0.117. The zero-order valence-corrected chi connectivity index (χ0v) is 17.9. The fraction of sp³-hybridized carbons (Fsp3) is 0.500. The molecule has 2 saturated heterocycles. The zero-order valence-electron chi connectivity index (χ0n) is 17.9. The van der Waals surface area contributed by atoms with Gasteiger partial charge < -0.3 is 19.5 Å². The number of amides is 2. The van der Waals surface area contributed by atoms with Gasteiger partial charge in [0.15, 0.2) is 5.82 Å². The number of ether oxygens (including phenoxy) is 1. The Morgan fingerprint density at radius 1 is 1.03 bits per heavy atom. The van der Waals surface area contributed by atoms with Crippen LogP contribution >= 0.6 is 0 Å². The van der Waals surface area contributed by atoms with E-state index >= 15 is 0 Å². The fourth-order valence-corrected chi connectivity index (χ4v) is 3.92. The van der Waals surface area contributed by atoms with Gasteiger partial charge in [-0.1, -0.05) is 17.3 Å². The van der Waals surface area contributed by atoms with Gasteiger partial charge in [-0.2, -0.15) is 0 Å². The molecule has 0 aliphatic carbocycles. The lowest BCUT2D eigenvalue weighted by Gasteiger charge is -2.34. The highest BCUT2D eigenvalue weighted by Crippen LogP contribution is 2.14. The molecule has 166 valence electrons. The van der Waals surface area contributed by atoms with Gasteiger partial charge in [0.25, 0.3) is 5.91 Å². The quantitative estimate of drug-likeness (QED) is 0.741. The lowest BCUT2D eigenvalue weighted by Crippen LogP contribution is -2.50. The summed E-state index contributed by atoms with van der Waals surface area (Å²) in [6, 6.07) is 9.58. The number of carbonyl (C=O) groups is 2. The summed E-state index contributed by atoms with van der Waals surface area (Å²) in [5.74, 6) is 0.986. The minimum atomic E-state index is -0.135. The molecule has 0 atom stereocenters. The Morgan fingerprint density at radius 3 is 2.52 bits per heavy atom. The van der Waals surface area contributed by atoms with Gasteiger partial charge >= 0.3 is 0 Å². The van der Waals surface area contributed by atoms with Gasteiger partial charge in [-0.3, -0.25) is 19.4 Å². The predicted octanol–water partition coefficient (Wildman–Crippen LogP) is 1.21. The SMILES string of the molecule is Cc1cc(NC(=O)CN2CCN(C(=O)c3cccc(CN4CCOCC4)c3)CC2)no1. The number of nitrogens with one attached hydrogen (secondary N) is 1. The summed E-state index contributed by atoms with van der Waals surface area (Å²) in [5, 5.41) is 6.51. The molecule has 0 saturated carbocycles. The first-order valence-electron chi connectivity index (χ1n) is 10.7. The van der Waals surface area contributed by atoms with Crippen LogP contribution in [0, 0.1) is 6.92 Å². The van der Waals surface area contributed by atoms with Crippen molar-refractivity contribution >= 4 is 17.6 Å². The molecule has 3 heterocycles. The highest BCUT2D eigenvalue weighted by atomic mass is 16.5. The van der Waals surface area contributed by atoms with Gasteiger partial charge in [-0.25, -0.2) is 0 Å². The molecule has 9 heteroatoms. The Balaban J connectivity index is 1.26. The van der Waals surface area contributed by atoms with Crippen molar-refractivity contribution in [3.63, 3.8) is 0 Å². The first kappa shape index (κ1) is 21.5. The zero-order chi connectivity index (χ0) is 21.6. The number of nitrogens with zero attached hydrogens (tertiary/aromatic N) is 4. The molecule has 2 amide bonds. The standard InChI is InChI=1S/C22H29N5O4/c1-17-13-20(24-31-17)23-21(28)16-25-5-7-27(8-6-25)22(29)19-4-2-3-18(14-19)15-26-9-11-30-12-10-26/h2-4,13-14H,5-12,15-16H2,1H3,(H,23,24,28). The molecular weight excluding hydrogens is 398 g/mol. The van der Waals surface area contributed by atoms with Gasteiger partial charge in [0.1, 0.15) is 5.76 Å². The average Bonchev–Trinajstić information content (AvgIpc) is 3.19. The van der Waals surface area contributed by atoms with Crippen LogP contribution in [-0.2, 0) is 16.1 Å². The van der Waals surface area contributed by atoms with E-state index in [-0.39, 0.29) is 18.4 Å². The minimum Gasteiger partial charge on any atom is -0.379 e. The maximum Gasteiger partial charge on any atom is 0.253 e. The van der Waals surface area contributed by atoms with Crippen molar-refractivity contribution in [2.24, 2.45) is 0 Å². The molecule has 1 N–H and O–H groups in total. The summed E-state index contributed by atoms with van der Waals surface area (Å²) in [7, 11) is 0. The molecule has 2 fully saturated rings. The van der Waals surface area contributed by atoms with Gasteiger partial charge in [-0.05, 0) is 24.6 Å². The first-order valence-corrected chi connectivity index (χ1v) is 10.7. The number of piperazine rings is 1. The number of carbonyl (C=O) groups excluding carboxylic acids is 2. The van der Waals surface area contributed by atoms with Crippen LogP contribution in [-0.4, -0.2) is 90.7 Å². The largest absolute Gasteiger partial charge is 0.379 e. The molecule has 1 aromatic carbocycles. The Labute approximate surface area is 181 Å². The number of anilines is 1. The van der Waals surface area contributed by atoms with Gasteiger partial charge in [0, 0.05) is 57.4 Å². The van der Waals surface area contributed by atoms with Crippen LogP contribution in [0.15, 0.2) is 34.9 Å². The van der Waals surface area contributed by atoms with Crippen LogP contribution in [0.2, 0.25) is 0 Å². The van der Waals surface area contributed by atoms with E-state index in [0.717, 1.165) is 44.0 Å². The summed E-state index contributed by atoms with van der Waals surface area (Å²) in [4.78, 5) is 31.4. The fourth-order valence-electron chi connectivity index (χ4n) is 3.92. The Morgan fingerprint density at radius 2 is 1.81 bits per heavy atom. The number of morpholine rings is 1. The number of hydrogen-bond acceptors (Lipinski definition) is 7. The molecule has 0 radical (unpaired) electrons. The highest BCUT2D eigenvalue weighted by Gasteiger charge is 2.24. The summed E-state index contributed by atoms with van der Waals surface area (Å²) >= 11 is 0. The monoisotopic (exact) mass is 427 g/mol. The second kappa shape index (κ2) is 10.0. The third-order valence-electron chi connectivity index (χ3n) is 5.61. The highest BCUT2D eigenvalue weighted by molar-refractivity contribution is 5.94. The predicted molar refractivity (Wildman–Crippen MR) is 115 cm³/mol. The number of aryl methyl sites for hydroxylation is 1. The molecular formula is C22H29N5O4. The molecule has 0 bridgehead atoms. The maximum absolute atomic E-state index is 13.0. The van der Waals surface area contributed by atoms with E-state index in [0.29, 0.717) is 37.8 Å². The Hall–Kier alpha value is -2.75. The van der Waals surface area contributed by atoms with Gasteiger partial charge in [-0.15, -0.1) is 0 Å². The van der Waals surface area contributed by atoms with Crippen LogP contribution in [0.4, 0.5) is 5.82 Å². The van der Waals surface area contributed by atoms with Crippen LogP contribution < -0.4 is 5.32 Å². The van der Waals surface area contributed by atoms with Crippen LogP contribution in [0.5, 0.6) is 0 Å². The second-order valence-electron chi connectivity index (χ2n) is 8.03. The molecule has 0 unspecified atom stereocenters. The second-order valence-corrected chi connectivity index (χ2v) is 8.03. The summed E-state index contributed by atoms with van der Waals surface area (Å²) in [5.41, 5.74) is 1.87. The van der Waals surface area contributed by atoms with Crippen molar-refractivity contribution in [3.8, 4) is 0 Å². The maximum atomic E-state index is 13.0. The molecule has 1 aromatic heterocycles. The molecule has 2 aliphatic rings. The number of benzene rings is 1. The summed E-state index contributed by atoms with van der Waals surface area (Å²) < 4.78 is 10.4.